The fourth-order valence-corrected chi connectivity index (χ4v) is 1.82. The minimum atomic E-state index is -0.967. The summed E-state index contributed by atoms with van der Waals surface area (Å²) < 4.78 is 0. The zero-order valence-electron chi connectivity index (χ0n) is 7.59. The number of aliphatic carboxylic acids is 1. The lowest BCUT2D eigenvalue weighted by atomic mass is 10.3. The Morgan fingerprint density at radius 1 is 1.36 bits per heavy atom. The summed E-state index contributed by atoms with van der Waals surface area (Å²) in [4.78, 5) is 11.3. The number of carbonyl (C=O) groups is 1. The van der Waals surface area contributed by atoms with Crippen molar-refractivity contribution in [1.82, 2.24) is 0 Å². The molecule has 0 spiro atoms. The van der Waals surface area contributed by atoms with Gasteiger partial charge in [0.25, 0.3) is 0 Å². The van der Waals surface area contributed by atoms with E-state index < -0.39 is 12.1 Å². The van der Waals surface area contributed by atoms with Crippen LogP contribution < -0.4 is 0 Å². The first-order valence-electron chi connectivity index (χ1n) is 4.26. The molecule has 1 aromatic rings. The Labute approximate surface area is 86.8 Å². The zero-order chi connectivity index (χ0) is 10.4. The van der Waals surface area contributed by atoms with Gasteiger partial charge < -0.3 is 10.2 Å². The van der Waals surface area contributed by atoms with Gasteiger partial charge in [-0.2, -0.15) is 0 Å². The number of aliphatic hydroxyl groups excluding tert-OH is 1. The van der Waals surface area contributed by atoms with Gasteiger partial charge >= 0.3 is 5.97 Å². The molecule has 0 aliphatic heterocycles. The van der Waals surface area contributed by atoms with Gasteiger partial charge in [0.2, 0.25) is 0 Å². The van der Waals surface area contributed by atoms with Crippen LogP contribution in [0.15, 0.2) is 35.2 Å². The highest BCUT2D eigenvalue weighted by molar-refractivity contribution is 7.99. The van der Waals surface area contributed by atoms with Gasteiger partial charge in [-0.1, -0.05) is 18.2 Å². The molecule has 0 aliphatic rings. The summed E-state index contributed by atoms with van der Waals surface area (Å²) in [5, 5.41) is 17.7. The summed E-state index contributed by atoms with van der Waals surface area (Å²) in [7, 11) is 0. The van der Waals surface area contributed by atoms with E-state index in [1.54, 1.807) is 0 Å². The van der Waals surface area contributed by atoms with Crippen molar-refractivity contribution in [3.63, 3.8) is 0 Å². The van der Waals surface area contributed by atoms with Crippen LogP contribution in [0, 0.1) is 0 Å². The SMILES string of the molecule is O=C(O)C[C@H](O)CSc1ccccc1. The molecule has 0 aliphatic carbocycles. The predicted molar refractivity (Wildman–Crippen MR) is 55.4 cm³/mol. The van der Waals surface area contributed by atoms with Crippen molar-refractivity contribution in [2.24, 2.45) is 0 Å². The van der Waals surface area contributed by atoms with E-state index in [-0.39, 0.29) is 6.42 Å². The first-order valence-corrected chi connectivity index (χ1v) is 5.25. The fourth-order valence-electron chi connectivity index (χ4n) is 0.970. The van der Waals surface area contributed by atoms with Crippen LogP contribution in [0.25, 0.3) is 0 Å². The highest BCUT2D eigenvalue weighted by Crippen LogP contribution is 2.18. The summed E-state index contributed by atoms with van der Waals surface area (Å²) in [5.74, 6) is -0.554. The Bertz CT molecular complexity index is 287. The maximum Gasteiger partial charge on any atom is 0.306 e. The molecular weight excluding hydrogens is 200 g/mol. The van der Waals surface area contributed by atoms with Gasteiger partial charge in [-0.3, -0.25) is 4.79 Å². The van der Waals surface area contributed by atoms with Crippen molar-refractivity contribution < 1.29 is 15.0 Å². The molecule has 4 heteroatoms. The Kier molecular flexibility index (Phi) is 4.49. The number of thioether (sulfide) groups is 1. The highest BCUT2D eigenvalue weighted by atomic mass is 32.2. The molecule has 14 heavy (non-hydrogen) atoms. The molecule has 0 saturated carbocycles. The molecule has 1 rings (SSSR count). The molecule has 0 heterocycles. The summed E-state index contributed by atoms with van der Waals surface area (Å²) in [6.07, 6.45) is -0.975. The van der Waals surface area contributed by atoms with E-state index >= 15 is 0 Å². The molecule has 76 valence electrons. The van der Waals surface area contributed by atoms with Gasteiger partial charge in [-0.15, -0.1) is 11.8 Å². The summed E-state index contributed by atoms with van der Waals surface area (Å²) >= 11 is 1.46. The third-order valence-corrected chi connectivity index (χ3v) is 2.75. The first kappa shape index (κ1) is 11.1. The van der Waals surface area contributed by atoms with Gasteiger partial charge in [0.05, 0.1) is 12.5 Å². The lowest BCUT2D eigenvalue weighted by Gasteiger charge is -2.06. The predicted octanol–water partition coefficient (Wildman–Crippen LogP) is 1.61. The first-order chi connectivity index (χ1) is 6.68. The number of benzene rings is 1. The molecule has 0 unspecified atom stereocenters. The van der Waals surface area contributed by atoms with Crippen molar-refractivity contribution in [1.29, 1.82) is 0 Å². The molecule has 0 aromatic heterocycles. The third-order valence-electron chi connectivity index (χ3n) is 1.60. The van der Waals surface area contributed by atoms with Crippen molar-refractivity contribution in [3.8, 4) is 0 Å². The second kappa shape index (κ2) is 5.67. The van der Waals surface area contributed by atoms with Gasteiger partial charge in [-0.25, -0.2) is 0 Å². The maximum atomic E-state index is 10.3. The monoisotopic (exact) mass is 212 g/mol. The highest BCUT2D eigenvalue weighted by Gasteiger charge is 2.09. The van der Waals surface area contributed by atoms with E-state index in [0.29, 0.717) is 5.75 Å². The molecule has 3 nitrogen and oxygen atoms in total. The lowest BCUT2D eigenvalue weighted by molar-refractivity contribution is -0.138. The van der Waals surface area contributed by atoms with E-state index in [1.165, 1.54) is 11.8 Å². The van der Waals surface area contributed by atoms with Gasteiger partial charge in [-0.05, 0) is 12.1 Å². The van der Waals surface area contributed by atoms with Crippen molar-refractivity contribution in [3.05, 3.63) is 30.3 Å². The van der Waals surface area contributed by atoms with Crippen molar-refractivity contribution >= 4 is 17.7 Å². The molecule has 0 fully saturated rings. The van der Waals surface area contributed by atoms with Crippen molar-refractivity contribution in [2.75, 3.05) is 5.75 Å². The number of carboxylic acids is 1. The molecule has 2 N–H and O–H groups in total. The number of aliphatic hydroxyl groups is 1. The Hall–Kier alpha value is -1.00. The molecular formula is C10H12O3S. The van der Waals surface area contributed by atoms with Gasteiger partial charge in [0.1, 0.15) is 0 Å². The standard InChI is InChI=1S/C10H12O3S/c11-8(6-10(12)13)7-14-9-4-2-1-3-5-9/h1-5,8,11H,6-7H2,(H,12,13)/t8-/m0/s1. The molecule has 0 bridgehead atoms. The van der Waals surface area contributed by atoms with E-state index in [0.717, 1.165) is 4.90 Å². The van der Waals surface area contributed by atoms with Gasteiger partial charge in [0, 0.05) is 10.6 Å². The number of rotatable bonds is 5. The molecule has 0 saturated heterocycles. The van der Waals surface area contributed by atoms with E-state index in [2.05, 4.69) is 0 Å². The Balaban J connectivity index is 2.30. The van der Waals surface area contributed by atoms with E-state index in [1.807, 2.05) is 30.3 Å². The second-order valence-corrected chi connectivity index (χ2v) is 3.97. The summed E-state index contributed by atoms with van der Waals surface area (Å²) in [6.45, 7) is 0. The molecule has 0 amide bonds. The van der Waals surface area contributed by atoms with E-state index in [4.69, 9.17) is 5.11 Å². The van der Waals surface area contributed by atoms with Crippen molar-refractivity contribution in [2.45, 2.75) is 17.4 Å². The van der Waals surface area contributed by atoms with Crippen LogP contribution in [-0.2, 0) is 4.79 Å². The van der Waals surface area contributed by atoms with Crippen LogP contribution in [0.1, 0.15) is 6.42 Å². The molecule has 1 atom stereocenters. The zero-order valence-corrected chi connectivity index (χ0v) is 8.41. The second-order valence-electron chi connectivity index (χ2n) is 2.88. The number of carboxylic acid groups (broad SMARTS) is 1. The maximum absolute atomic E-state index is 10.3. The summed E-state index contributed by atoms with van der Waals surface area (Å²) in [6, 6.07) is 9.59. The largest absolute Gasteiger partial charge is 0.481 e. The minimum absolute atomic E-state index is 0.195. The molecule has 0 radical (unpaired) electrons. The minimum Gasteiger partial charge on any atom is -0.481 e. The van der Waals surface area contributed by atoms with Crippen LogP contribution >= 0.6 is 11.8 Å². The van der Waals surface area contributed by atoms with Crippen LogP contribution in [0.2, 0.25) is 0 Å². The van der Waals surface area contributed by atoms with Crippen LogP contribution in [0.4, 0.5) is 0 Å². The molecule has 1 aromatic carbocycles. The summed E-state index contributed by atoms with van der Waals surface area (Å²) in [5.41, 5.74) is 0. The van der Waals surface area contributed by atoms with Crippen LogP contribution in [0.3, 0.4) is 0 Å². The fraction of sp³-hybridized carbons (Fsp3) is 0.300. The van der Waals surface area contributed by atoms with Gasteiger partial charge in [0.15, 0.2) is 0 Å². The normalized spacial score (nSPS) is 12.4. The average Bonchev–Trinajstić information content (AvgIpc) is 2.15. The lowest BCUT2D eigenvalue weighted by Crippen LogP contribution is -2.15. The number of hydrogen-bond donors (Lipinski definition) is 2. The quantitative estimate of drug-likeness (QED) is 0.728. The average molecular weight is 212 g/mol. The van der Waals surface area contributed by atoms with Crippen LogP contribution in [-0.4, -0.2) is 28.0 Å². The Morgan fingerprint density at radius 3 is 2.57 bits per heavy atom. The smallest absolute Gasteiger partial charge is 0.306 e. The topological polar surface area (TPSA) is 57.5 Å². The van der Waals surface area contributed by atoms with Crippen LogP contribution in [0.5, 0.6) is 0 Å². The third kappa shape index (κ3) is 4.30. The number of hydrogen-bond acceptors (Lipinski definition) is 3. The van der Waals surface area contributed by atoms with E-state index in [9.17, 15) is 9.90 Å². The Morgan fingerprint density at radius 2 is 2.00 bits per heavy atom.